The molecule has 3 aliphatic rings. The van der Waals surface area contributed by atoms with Crippen LogP contribution in [0.15, 0.2) is 47.5 Å². The minimum absolute atomic E-state index is 0.0262. The van der Waals surface area contributed by atoms with Gasteiger partial charge in [-0.1, -0.05) is 23.7 Å². The van der Waals surface area contributed by atoms with Gasteiger partial charge >= 0.3 is 0 Å². The fraction of sp³-hybridized carbons (Fsp3) is 0.476. The molecule has 3 saturated heterocycles. The molecule has 2 unspecified atom stereocenters. The Morgan fingerprint density at radius 1 is 1.05 bits per heavy atom. The van der Waals surface area contributed by atoms with Crippen LogP contribution in [-0.4, -0.2) is 104 Å². The van der Waals surface area contributed by atoms with Crippen molar-refractivity contribution in [2.75, 3.05) is 56.6 Å². The predicted octanol–water partition coefficient (Wildman–Crippen LogP) is 4.74. The molecule has 3 fully saturated rings. The quantitative estimate of drug-likeness (QED) is 0.156. The van der Waals surface area contributed by atoms with Crippen LogP contribution in [-0.2, 0) is 21.4 Å². The molecule has 3 N–H and O–H groups in total. The number of nitrogens with zero attached hydrogens (tertiary/aromatic N) is 8. The Morgan fingerprint density at radius 3 is 2.58 bits per heavy atom. The van der Waals surface area contributed by atoms with Crippen molar-refractivity contribution in [2.24, 2.45) is 13.0 Å². The summed E-state index contributed by atoms with van der Waals surface area (Å²) in [5.74, 6) is -0.352. The van der Waals surface area contributed by atoms with Gasteiger partial charge in [0.15, 0.2) is 18.2 Å². The highest BCUT2D eigenvalue weighted by Crippen LogP contribution is 2.36. The number of rotatable bonds is 11. The molecule has 316 valence electrons. The van der Waals surface area contributed by atoms with Gasteiger partial charge in [-0.15, -0.1) is 0 Å². The molecule has 0 bridgehead atoms. The number of aryl methyl sites for hydroxylation is 1. The summed E-state index contributed by atoms with van der Waals surface area (Å²) in [7, 11) is 3.38. The molecule has 3 aliphatic heterocycles. The molecule has 3 amide bonds. The van der Waals surface area contributed by atoms with Crippen molar-refractivity contribution in [1.29, 1.82) is 0 Å². The molecule has 0 saturated carbocycles. The van der Waals surface area contributed by atoms with E-state index >= 15 is 4.39 Å². The Bertz CT molecular complexity index is 2520. The third kappa shape index (κ3) is 8.37. The number of amides is 3. The largest absolute Gasteiger partial charge is 0.478 e. The van der Waals surface area contributed by atoms with Gasteiger partial charge in [0.1, 0.15) is 16.8 Å². The van der Waals surface area contributed by atoms with Gasteiger partial charge in [-0.05, 0) is 82.3 Å². The summed E-state index contributed by atoms with van der Waals surface area (Å²) >= 11 is 6.55. The maximum atomic E-state index is 15.9. The van der Waals surface area contributed by atoms with E-state index in [1.54, 1.807) is 18.3 Å². The van der Waals surface area contributed by atoms with Crippen molar-refractivity contribution in [3.63, 3.8) is 0 Å². The molecule has 0 aliphatic carbocycles. The lowest BCUT2D eigenvalue weighted by molar-refractivity contribution is -0.134. The standard InChI is InChI=1S/C42H49ClFN11O5/c1-23(2)55-39-27(17-34(41(55)59)60-22-36(57)45-3)15-28(18-46-39)48-38-31(43)19-47-42(50-38)54-14-11-26(32(44)21-54)20-53-12-9-24(10-13-53)25-5-6-29-33(16-25)52(4)51-37(29)30-7-8-35(56)49-40(30)58/h5-6,15-19,23-24,26,30,32H,7-14,20-22H2,1-4H3,(H,45,57)(H,47,48,50)(H,49,56,58)/t26?,30?,32-/m0/s1. The number of anilines is 3. The van der Waals surface area contributed by atoms with E-state index in [-0.39, 0.29) is 53.6 Å². The summed E-state index contributed by atoms with van der Waals surface area (Å²) < 4.78 is 24.8. The maximum Gasteiger partial charge on any atom is 0.294 e. The number of piperidine rings is 3. The number of halogens is 2. The zero-order chi connectivity index (χ0) is 42.2. The SMILES string of the molecule is CNC(=O)COc1cc2cc(Nc3nc(N4CCC(CN5CCC(c6ccc7c(C8CCC(=O)NC8=O)nn(C)c7c6)CC5)[C@@H](F)C4)ncc3Cl)cnc2n(C(C)C)c1=O. The van der Waals surface area contributed by atoms with Crippen molar-refractivity contribution < 1.29 is 23.5 Å². The maximum absolute atomic E-state index is 15.9. The number of hydrogen-bond donors (Lipinski definition) is 3. The second kappa shape index (κ2) is 17.1. The van der Waals surface area contributed by atoms with Crippen LogP contribution in [0.2, 0.25) is 5.02 Å². The summed E-state index contributed by atoms with van der Waals surface area (Å²) in [6, 6.07) is 9.50. The number of likely N-dealkylation sites (N-methyl/N-ethyl adjacent to an activating group) is 1. The first-order valence-corrected chi connectivity index (χ1v) is 20.8. The molecule has 60 heavy (non-hydrogen) atoms. The van der Waals surface area contributed by atoms with Crippen LogP contribution in [0.1, 0.15) is 75.1 Å². The van der Waals surface area contributed by atoms with E-state index in [1.165, 1.54) is 23.4 Å². The minimum Gasteiger partial charge on any atom is -0.478 e. The zero-order valence-electron chi connectivity index (χ0n) is 34.1. The summed E-state index contributed by atoms with van der Waals surface area (Å²) in [5.41, 5.74) is 3.53. The Kier molecular flexibility index (Phi) is 11.7. The lowest BCUT2D eigenvalue weighted by Crippen LogP contribution is -2.47. The Hall–Kier alpha value is -5.68. The van der Waals surface area contributed by atoms with E-state index in [2.05, 4.69) is 54.0 Å². The smallest absolute Gasteiger partial charge is 0.294 e. The normalized spacial score (nSPS) is 20.5. The van der Waals surface area contributed by atoms with Gasteiger partial charge in [0, 0.05) is 56.3 Å². The van der Waals surface area contributed by atoms with E-state index in [1.807, 2.05) is 30.5 Å². The van der Waals surface area contributed by atoms with Crippen LogP contribution in [0.3, 0.4) is 0 Å². The lowest BCUT2D eigenvalue weighted by Gasteiger charge is -2.39. The van der Waals surface area contributed by atoms with Crippen LogP contribution in [0, 0.1) is 5.92 Å². The number of likely N-dealkylation sites (tertiary alicyclic amines) is 1. The van der Waals surface area contributed by atoms with Crippen LogP contribution in [0.4, 0.5) is 21.8 Å². The Morgan fingerprint density at radius 2 is 1.85 bits per heavy atom. The number of pyridine rings is 2. The Labute approximate surface area is 350 Å². The van der Waals surface area contributed by atoms with Crippen molar-refractivity contribution in [1.82, 2.24) is 44.8 Å². The molecule has 7 heterocycles. The predicted molar refractivity (Wildman–Crippen MR) is 226 cm³/mol. The lowest BCUT2D eigenvalue weighted by atomic mass is 9.87. The van der Waals surface area contributed by atoms with Crippen molar-refractivity contribution in [3.05, 3.63) is 69.4 Å². The van der Waals surface area contributed by atoms with E-state index < -0.39 is 17.6 Å². The third-order valence-electron chi connectivity index (χ3n) is 12.0. The first-order chi connectivity index (χ1) is 28.9. The monoisotopic (exact) mass is 841 g/mol. The number of carbonyl (C=O) groups excluding carboxylic acids is 3. The average molecular weight is 842 g/mol. The number of aromatic nitrogens is 6. The van der Waals surface area contributed by atoms with E-state index in [9.17, 15) is 19.2 Å². The van der Waals surface area contributed by atoms with Gasteiger partial charge in [-0.25, -0.2) is 14.4 Å². The molecular formula is C42H49ClFN11O5. The molecule has 0 radical (unpaired) electrons. The Balaban J connectivity index is 0.879. The van der Waals surface area contributed by atoms with Crippen molar-refractivity contribution in [2.45, 2.75) is 70.0 Å². The number of ether oxygens (including phenoxy) is 1. The number of hydrogen-bond acceptors (Lipinski definition) is 12. The van der Waals surface area contributed by atoms with Crippen LogP contribution < -0.4 is 31.1 Å². The molecule has 1 aromatic carbocycles. The van der Waals surface area contributed by atoms with Gasteiger partial charge in [0.25, 0.3) is 11.5 Å². The van der Waals surface area contributed by atoms with Gasteiger partial charge in [-0.3, -0.25) is 33.7 Å². The summed E-state index contributed by atoms with van der Waals surface area (Å²) in [6.07, 6.45) is 5.35. The molecule has 5 aromatic rings. The molecular weight excluding hydrogens is 793 g/mol. The summed E-state index contributed by atoms with van der Waals surface area (Å²) in [6.45, 7) is 6.62. The van der Waals surface area contributed by atoms with Gasteiger partial charge < -0.3 is 25.2 Å². The number of nitrogens with one attached hydrogen (secondary N) is 3. The fourth-order valence-electron chi connectivity index (χ4n) is 8.69. The molecule has 16 nitrogen and oxygen atoms in total. The molecule has 18 heteroatoms. The van der Waals surface area contributed by atoms with Crippen LogP contribution >= 0.6 is 11.6 Å². The fourth-order valence-corrected chi connectivity index (χ4v) is 8.83. The molecule has 4 aromatic heterocycles. The highest BCUT2D eigenvalue weighted by molar-refractivity contribution is 6.33. The summed E-state index contributed by atoms with van der Waals surface area (Å²) in [4.78, 5) is 67.2. The third-order valence-corrected chi connectivity index (χ3v) is 12.2. The number of fused-ring (bicyclic) bond motifs is 2. The van der Waals surface area contributed by atoms with E-state index in [4.69, 9.17) is 21.4 Å². The zero-order valence-corrected chi connectivity index (χ0v) is 34.8. The second-order valence-electron chi connectivity index (χ2n) is 16.2. The second-order valence-corrected chi connectivity index (χ2v) is 16.6. The van der Waals surface area contributed by atoms with Gasteiger partial charge in [0.2, 0.25) is 17.8 Å². The number of imide groups is 1. The van der Waals surface area contributed by atoms with Gasteiger partial charge in [0.05, 0.1) is 41.8 Å². The minimum atomic E-state index is -1.07. The first-order valence-electron chi connectivity index (χ1n) is 20.5. The average Bonchev–Trinajstić information content (AvgIpc) is 3.56. The number of alkyl halides is 1. The number of carbonyl (C=O) groups is 3. The first kappa shape index (κ1) is 41.1. The van der Waals surface area contributed by atoms with Crippen LogP contribution in [0.5, 0.6) is 5.75 Å². The summed E-state index contributed by atoms with van der Waals surface area (Å²) in [5, 5.41) is 14.6. The van der Waals surface area contributed by atoms with E-state index in [0.717, 1.165) is 36.8 Å². The highest BCUT2D eigenvalue weighted by atomic mass is 35.5. The molecule has 8 rings (SSSR count). The van der Waals surface area contributed by atoms with Crippen molar-refractivity contribution >= 4 is 68.7 Å². The molecule has 3 atom stereocenters. The van der Waals surface area contributed by atoms with Crippen molar-refractivity contribution in [3.8, 4) is 5.75 Å². The number of benzene rings is 1. The van der Waals surface area contributed by atoms with Gasteiger partial charge in [-0.2, -0.15) is 10.1 Å². The molecule has 0 spiro atoms. The topological polar surface area (TPSA) is 181 Å². The highest BCUT2D eigenvalue weighted by Gasteiger charge is 2.34. The van der Waals surface area contributed by atoms with E-state index in [0.29, 0.717) is 72.5 Å². The van der Waals surface area contributed by atoms with Crippen LogP contribution in [0.25, 0.3) is 21.9 Å².